The second-order valence-electron chi connectivity index (χ2n) is 3.63. The van der Waals surface area contributed by atoms with Gasteiger partial charge in [-0.05, 0) is 12.5 Å². The number of rotatable bonds is 2. The minimum atomic E-state index is -5.52. The Morgan fingerprint density at radius 1 is 1.12 bits per heavy atom. The predicted molar refractivity (Wildman–Crippen MR) is 54.6 cm³/mol. The Labute approximate surface area is 97.1 Å². The lowest BCUT2D eigenvalue weighted by atomic mass is 10.2. The Balaban J connectivity index is 3.22. The van der Waals surface area contributed by atoms with Gasteiger partial charge in [0, 0.05) is 26.0 Å². The van der Waals surface area contributed by atoms with Crippen molar-refractivity contribution in [2.24, 2.45) is 0 Å². The van der Waals surface area contributed by atoms with Crippen LogP contribution in [0.1, 0.15) is 17.0 Å². The van der Waals surface area contributed by atoms with E-state index < -0.39 is 15.5 Å². The van der Waals surface area contributed by atoms with E-state index in [0.717, 1.165) is 10.2 Å². The second kappa shape index (κ2) is 4.17. The monoisotopic (exact) mass is 268 g/mol. The van der Waals surface area contributed by atoms with E-state index in [1.165, 1.54) is 13.8 Å². The van der Waals surface area contributed by atoms with Gasteiger partial charge in [-0.25, -0.2) is 13.1 Å². The molecule has 0 aliphatic carbocycles. The summed E-state index contributed by atoms with van der Waals surface area (Å²) in [6, 6.07) is 3.09. The fourth-order valence-electron chi connectivity index (χ4n) is 1.38. The van der Waals surface area contributed by atoms with Crippen molar-refractivity contribution in [3.8, 4) is 0 Å². The molecule has 96 valence electrons. The Morgan fingerprint density at radius 2 is 1.53 bits per heavy atom. The quantitative estimate of drug-likeness (QED) is 0.769. The van der Waals surface area contributed by atoms with Crippen LogP contribution >= 0.6 is 0 Å². The van der Waals surface area contributed by atoms with Crippen molar-refractivity contribution >= 4 is 10.0 Å². The van der Waals surface area contributed by atoms with Crippen molar-refractivity contribution in [3.63, 3.8) is 0 Å². The summed E-state index contributed by atoms with van der Waals surface area (Å²) in [4.78, 5) is 2.77. The summed E-state index contributed by atoms with van der Waals surface area (Å²) in [7, 11) is -5.52. The molecule has 0 aromatic carbocycles. The van der Waals surface area contributed by atoms with Gasteiger partial charge >= 0.3 is 5.51 Å². The van der Waals surface area contributed by atoms with Gasteiger partial charge in [-0.3, -0.25) is 0 Å². The molecule has 8 heteroatoms. The Bertz CT molecular complexity index is 515. The summed E-state index contributed by atoms with van der Waals surface area (Å²) in [5.74, 6) is 0. The van der Waals surface area contributed by atoms with Crippen LogP contribution in [0.15, 0.2) is 12.1 Å². The first-order valence-electron chi connectivity index (χ1n) is 4.59. The van der Waals surface area contributed by atoms with E-state index in [4.69, 9.17) is 0 Å². The molecule has 0 aliphatic heterocycles. The number of nitrogens with zero attached hydrogens (tertiary/aromatic N) is 2. The first-order valence-corrected chi connectivity index (χ1v) is 6.03. The van der Waals surface area contributed by atoms with Crippen molar-refractivity contribution < 1.29 is 26.3 Å². The average Bonchev–Trinajstić information content (AvgIpc) is 2.09. The third kappa shape index (κ3) is 2.87. The highest BCUT2D eigenvalue weighted by atomic mass is 32.2. The van der Waals surface area contributed by atoms with Gasteiger partial charge < -0.3 is 4.83 Å². The van der Waals surface area contributed by atoms with Crippen LogP contribution in [0, 0.1) is 20.8 Å². The van der Waals surface area contributed by atoms with Gasteiger partial charge in [0.05, 0.1) is 0 Å². The minimum absolute atomic E-state index is 0.315. The van der Waals surface area contributed by atoms with Crippen LogP contribution in [0.5, 0.6) is 0 Å². The lowest BCUT2D eigenvalue weighted by Gasteiger charge is -2.19. The topological polar surface area (TPSA) is 52.1 Å². The Hall–Kier alpha value is -1.31. The van der Waals surface area contributed by atoms with Crippen molar-refractivity contribution in [2.75, 3.05) is 0 Å². The number of hydrogen-bond acceptors (Lipinski definition) is 2. The smallest absolute Gasteiger partial charge is 0.314 e. The molecule has 0 unspecified atom stereocenters. The molecule has 1 heterocycles. The maximum absolute atomic E-state index is 12.2. The summed E-state index contributed by atoms with van der Waals surface area (Å²) in [6.07, 6.45) is 0. The van der Waals surface area contributed by atoms with Crippen LogP contribution < -0.4 is 4.68 Å². The van der Waals surface area contributed by atoms with E-state index in [1.807, 2.05) is 0 Å². The Kier molecular flexibility index (Phi) is 3.37. The molecule has 0 radical (unpaired) electrons. The van der Waals surface area contributed by atoms with Crippen LogP contribution in [0.25, 0.3) is 4.83 Å². The summed E-state index contributed by atoms with van der Waals surface area (Å²) >= 11 is 0. The highest BCUT2D eigenvalue weighted by Crippen LogP contribution is 2.26. The van der Waals surface area contributed by atoms with Crippen molar-refractivity contribution in [2.45, 2.75) is 26.3 Å². The molecule has 1 aromatic rings. The summed E-state index contributed by atoms with van der Waals surface area (Å²) < 4.78 is 59.1. The van der Waals surface area contributed by atoms with Gasteiger partial charge in [-0.15, -0.1) is 0 Å². The average molecular weight is 268 g/mol. The SMILES string of the molecule is Cc1cc(C)[n+]([N-]S(=O)(=O)C(F)(F)F)c(C)c1. The molecule has 0 saturated carbocycles. The standard InChI is InChI=1S/C9H11F3N2O2S/c1-6-4-7(2)14(8(3)5-6)13-17(15,16)9(10,11)12/h4-5H,1-3H3. The van der Waals surface area contributed by atoms with Gasteiger partial charge in [-0.2, -0.15) is 13.2 Å². The van der Waals surface area contributed by atoms with Gasteiger partial charge in [-0.1, -0.05) is 0 Å². The molecule has 0 N–H and O–H groups in total. The molecule has 1 aromatic heterocycles. The predicted octanol–water partition coefficient (Wildman–Crippen LogP) is 1.89. The summed E-state index contributed by atoms with van der Waals surface area (Å²) in [5.41, 5.74) is -3.94. The molecule has 17 heavy (non-hydrogen) atoms. The molecular formula is C9H11F3N2O2S. The number of aromatic nitrogens is 1. The van der Waals surface area contributed by atoms with E-state index in [0.29, 0.717) is 11.4 Å². The lowest BCUT2D eigenvalue weighted by molar-refractivity contribution is -0.627. The maximum Gasteiger partial charge on any atom is 0.487 e. The minimum Gasteiger partial charge on any atom is -0.314 e. The largest absolute Gasteiger partial charge is 0.487 e. The molecule has 0 atom stereocenters. The van der Waals surface area contributed by atoms with E-state index in [2.05, 4.69) is 4.83 Å². The summed E-state index contributed by atoms with van der Waals surface area (Å²) in [5, 5.41) is 0. The molecule has 0 fully saturated rings. The molecule has 0 amide bonds. The maximum atomic E-state index is 12.2. The number of alkyl halides is 3. The van der Waals surface area contributed by atoms with Crippen molar-refractivity contribution in [3.05, 3.63) is 33.9 Å². The molecule has 0 aliphatic rings. The molecule has 0 spiro atoms. The summed E-state index contributed by atoms with van der Waals surface area (Å²) in [6.45, 7) is 4.72. The van der Waals surface area contributed by atoms with Gasteiger partial charge in [0.1, 0.15) is 0 Å². The Morgan fingerprint density at radius 3 is 1.88 bits per heavy atom. The third-order valence-electron chi connectivity index (χ3n) is 2.02. The molecular weight excluding hydrogens is 257 g/mol. The lowest BCUT2D eigenvalue weighted by Crippen LogP contribution is -2.42. The first kappa shape index (κ1) is 13.8. The number of sulfonamides is 1. The highest BCUT2D eigenvalue weighted by molar-refractivity contribution is 7.94. The van der Waals surface area contributed by atoms with Crippen LogP contribution in [-0.4, -0.2) is 13.9 Å². The zero-order valence-electron chi connectivity index (χ0n) is 9.41. The molecule has 4 nitrogen and oxygen atoms in total. The van der Waals surface area contributed by atoms with Crippen LogP contribution in [-0.2, 0) is 10.0 Å². The second-order valence-corrected chi connectivity index (χ2v) is 5.21. The van der Waals surface area contributed by atoms with E-state index in [1.54, 1.807) is 19.1 Å². The van der Waals surface area contributed by atoms with Crippen LogP contribution in [0.2, 0.25) is 0 Å². The molecule has 1 rings (SSSR count). The number of aryl methyl sites for hydroxylation is 3. The molecule has 0 saturated heterocycles. The zero-order chi connectivity index (χ0) is 13.4. The van der Waals surface area contributed by atoms with E-state index >= 15 is 0 Å². The first-order chi connectivity index (χ1) is 7.54. The molecule has 0 bridgehead atoms. The van der Waals surface area contributed by atoms with Gasteiger partial charge in [0.25, 0.3) is 0 Å². The number of hydrogen-bond donors (Lipinski definition) is 0. The van der Waals surface area contributed by atoms with Crippen molar-refractivity contribution in [1.29, 1.82) is 0 Å². The van der Waals surface area contributed by atoms with Crippen molar-refractivity contribution in [1.82, 2.24) is 0 Å². The fourth-order valence-corrected chi connectivity index (χ4v) is 1.95. The third-order valence-corrected chi connectivity index (χ3v) is 2.99. The van der Waals surface area contributed by atoms with E-state index in [-0.39, 0.29) is 0 Å². The van der Waals surface area contributed by atoms with Gasteiger partial charge in [0.2, 0.25) is 10.0 Å². The number of halogens is 3. The van der Waals surface area contributed by atoms with E-state index in [9.17, 15) is 21.6 Å². The zero-order valence-corrected chi connectivity index (χ0v) is 10.2. The normalized spacial score (nSPS) is 12.6. The van der Waals surface area contributed by atoms with Gasteiger partial charge in [0.15, 0.2) is 11.4 Å². The highest BCUT2D eigenvalue weighted by Gasteiger charge is 2.41. The van der Waals surface area contributed by atoms with Crippen LogP contribution in [0.3, 0.4) is 0 Å². The fraction of sp³-hybridized carbons (Fsp3) is 0.444. The van der Waals surface area contributed by atoms with Crippen LogP contribution in [0.4, 0.5) is 13.2 Å². The number of pyridine rings is 1.